The van der Waals surface area contributed by atoms with Crippen molar-refractivity contribution in [1.29, 1.82) is 0 Å². The van der Waals surface area contributed by atoms with Crippen LogP contribution >= 0.6 is 0 Å². The Morgan fingerprint density at radius 2 is 1.97 bits per heavy atom. The van der Waals surface area contributed by atoms with Crippen LogP contribution in [-0.4, -0.2) is 37.1 Å². The van der Waals surface area contributed by atoms with E-state index < -0.39 is 10.0 Å². The standard InChI is InChI=1S/C22H22N4O4S/c1-14-11-20(27)25-21(23-14)16-5-3-7-18(13-16)24-22(28)17-8-9-19-15(12-17)6-4-10-26(19)31(2,29)30/h3,5,7-9,11-13H,4,6,10H2,1-2H3,(H,24,28)(H,23,25,27). The number of aromatic nitrogens is 2. The highest BCUT2D eigenvalue weighted by molar-refractivity contribution is 7.92. The zero-order valence-electron chi connectivity index (χ0n) is 17.2. The summed E-state index contributed by atoms with van der Waals surface area (Å²) in [6.45, 7) is 2.19. The molecule has 0 atom stereocenters. The molecule has 0 saturated carbocycles. The van der Waals surface area contributed by atoms with Crippen molar-refractivity contribution >= 4 is 27.3 Å². The zero-order valence-corrected chi connectivity index (χ0v) is 18.0. The van der Waals surface area contributed by atoms with Crippen molar-refractivity contribution in [2.45, 2.75) is 19.8 Å². The minimum absolute atomic E-state index is 0.242. The number of carbonyl (C=O) groups is 1. The Morgan fingerprint density at radius 1 is 1.16 bits per heavy atom. The summed E-state index contributed by atoms with van der Waals surface area (Å²) in [4.78, 5) is 31.6. The number of benzene rings is 2. The van der Waals surface area contributed by atoms with Crippen LogP contribution in [0.15, 0.2) is 53.3 Å². The molecule has 1 aliphatic rings. The number of fused-ring (bicyclic) bond motifs is 1. The molecule has 2 aromatic carbocycles. The molecule has 0 spiro atoms. The smallest absolute Gasteiger partial charge is 0.255 e. The molecular formula is C22H22N4O4S. The van der Waals surface area contributed by atoms with Crippen LogP contribution in [0.5, 0.6) is 0 Å². The Labute approximate surface area is 180 Å². The van der Waals surface area contributed by atoms with E-state index in [4.69, 9.17) is 0 Å². The molecule has 160 valence electrons. The van der Waals surface area contributed by atoms with Gasteiger partial charge in [-0.1, -0.05) is 12.1 Å². The summed E-state index contributed by atoms with van der Waals surface area (Å²) in [5, 5.41) is 2.86. The number of anilines is 2. The van der Waals surface area contributed by atoms with Gasteiger partial charge < -0.3 is 10.3 Å². The van der Waals surface area contributed by atoms with E-state index >= 15 is 0 Å². The van der Waals surface area contributed by atoms with E-state index in [1.807, 2.05) is 0 Å². The first-order chi connectivity index (χ1) is 14.7. The normalized spacial score (nSPS) is 13.5. The van der Waals surface area contributed by atoms with Crippen LogP contribution < -0.4 is 15.2 Å². The van der Waals surface area contributed by atoms with Crippen molar-refractivity contribution in [3.8, 4) is 11.4 Å². The third-order valence-electron chi connectivity index (χ3n) is 5.08. The highest BCUT2D eigenvalue weighted by Crippen LogP contribution is 2.30. The zero-order chi connectivity index (χ0) is 22.2. The largest absolute Gasteiger partial charge is 0.322 e. The van der Waals surface area contributed by atoms with Gasteiger partial charge in [0.15, 0.2) is 0 Å². The van der Waals surface area contributed by atoms with Crippen molar-refractivity contribution < 1.29 is 13.2 Å². The van der Waals surface area contributed by atoms with Crippen LogP contribution in [0, 0.1) is 6.92 Å². The minimum Gasteiger partial charge on any atom is -0.322 e. The number of nitrogens with one attached hydrogen (secondary N) is 2. The van der Waals surface area contributed by atoms with Crippen LogP contribution in [-0.2, 0) is 16.4 Å². The highest BCUT2D eigenvalue weighted by Gasteiger charge is 2.24. The monoisotopic (exact) mass is 438 g/mol. The highest BCUT2D eigenvalue weighted by atomic mass is 32.2. The van der Waals surface area contributed by atoms with Crippen LogP contribution in [0.2, 0.25) is 0 Å². The summed E-state index contributed by atoms with van der Waals surface area (Å²) in [7, 11) is -3.36. The van der Waals surface area contributed by atoms with Gasteiger partial charge >= 0.3 is 0 Å². The molecule has 0 radical (unpaired) electrons. The molecule has 0 unspecified atom stereocenters. The van der Waals surface area contributed by atoms with Gasteiger partial charge in [0.1, 0.15) is 5.82 Å². The molecule has 2 heterocycles. The lowest BCUT2D eigenvalue weighted by Gasteiger charge is -2.29. The second kappa shape index (κ2) is 7.99. The SMILES string of the molecule is Cc1cc(=O)[nH]c(-c2cccc(NC(=O)c3ccc4c(c3)CCCN4S(C)(=O)=O)c2)n1. The summed E-state index contributed by atoms with van der Waals surface area (Å²) >= 11 is 0. The number of aryl methyl sites for hydroxylation is 2. The fourth-order valence-electron chi connectivity index (χ4n) is 3.71. The first-order valence-corrected chi connectivity index (χ1v) is 11.7. The molecule has 0 aliphatic carbocycles. The van der Waals surface area contributed by atoms with Crippen LogP contribution in [0.25, 0.3) is 11.4 Å². The maximum absolute atomic E-state index is 12.8. The molecule has 31 heavy (non-hydrogen) atoms. The first-order valence-electron chi connectivity index (χ1n) is 9.81. The predicted octanol–water partition coefficient (Wildman–Crippen LogP) is 2.71. The number of hydrogen-bond acceptors (Lipinski definition) is 5. The van der Waals surface area contributed by atoms with E-state index in [-0.39, 0.29) is 11.5 Å². The van der Waals surface area contributed by atoms with Gasteiger partial charge in [-0.25, -0.2) is 13.4 Å². The van der Waals surface area contributed by atoms with Gasteiger partial charge in [0.05, 0.1) is 11.9 Å². The molecule has 8 nitrogen and oxygen atoms in total. The average Bonchev–Trinajstić information content (AvgIpc) is 2.71. The molecule has 0 saturated heterocycles. The molecule has 1 aliphatic heterocycles. The number of rotatable bonds is 4. The van der Waals surface area contributed by atoms with E-state index in [1.54, 1.807) is 49.4 Å². The van der Waals surface area contributed by atoms with Gasteiger partial charge in [0.2, 0.25) is 10.0 Å². The molecule has 0 fully saturated rings. The molecule has 1 amide bonds. The van der Waals surface area contributed by atoms with E-state index in [9.17, 15) is 18.0 Å². The number of amides is 1. The number of hydrogen-bond donors (Lipinski definition) is 2. The van der Waals surface area contributed by atoms with E-state index in [1.165, 1.54) is 16.6 Å². The third-order valence-corrected chi connectivity index (χ3v) is 6.26. The average molecular weight is 439 g/mol. The molecular weight excluding hydrogens is 416 g/mol. The molecule has 9 heteroatoms. The fourth-order valence-corrected chi connectivity index (χ4v) is 4.71. The van der Waals surface area contributed by atoms with Crippen LogP contribution in [0.4, 0.5) is 11.4 Å². The quantitative estimate of drug-likeness (QED) is 0.650. The number of aromatic amines is 1. The Morgan fingerprint density at radius 3 is 2.71 bits per heavy atom. The lowest BCUT2D eigenvalue weighted by atomic mass is 10.0. The maximum atomic E-state index is 12.8. The van der Waals surface area contributed by atoms with E-state index in [0.717, 1.165) is 5.56 Å². The van der Waals surface area contributed by atoms with Crippen molar-refractivity contribution in [3.05, 3.63) is 75.7 Å². The van der Waals surface area contributed by atoms with Crippen LogP contribution in [0.3, 0.4) is 0 Å². The number of sulfonamides is 1. The van der Waals surface area contributed by atoms with Crippen LogP contribution in [0.1, 0.15) is 28.0 Å². The topological polar surface area (TPSA) is 112 Å². The Kier molecular flexibility index (Phi) is 5.36. The van der Waals surface area contributed by atoms with Gasteiger partial charge in [0.25, 0.3) is 11.5 Å². The second-order valence-corrected chi connectivity index (χ2v) is 9.46. The Hall–Kier alpha value is -3.46. The summed E-state index contributed by atoms with van der Waals surface area (Å²) in [6, 6.07) is 13.5. The first kappa shape index (κ1) is 20.8. The van der Waals surface area contributed by atoms with Gasteiger partial charge in [0, 0.05) is 35.1 Å². The number of nitrogens with zero attached hydrogens (tertiary/aromatic N) is 2. The number of H-pyrrole nitrogens is 1. The van der Waals surface area contributed by atoms with Crippen molar-refractivity contribution in [2.75, 3.05) is 22.4 Å². The van der Waals surface area contributed by atoms with Gasteiger partial charge in [-0.3, -0.25) is 13.9 Å². The Balaban J connectivity index is 1.59. The third kappa shape index (κ3) is 4.51. The van der Waals surface area contributed by atoms with Gasteiger partial charge in [-0.05, 0) is 55.7 Å². The molecule has 2 N–H and O–H groups in total. The molecule has 3 aromatic rings. The van der Waals surface area contributed by atoms with E-state index in [2.05, 4.69) is 15.3 Å². The van der Waals surface area contributed by atoms with Crippen molar-refractivity contribution in [2.24, 2.45) is 0 Å². The van der Waals surface area contributed by atoms with Crippen molar-refractivity contribution in [1.82, 2.24) is 9.97 Å². The summed E-state index contributed by atoms with van der Waals surface area (Å²) in [5.74, 6) is 0.123. The number of carbonyl (C=O) groups excluding carboxylic acids is 1. The fraction of sp³-hybridized carbons (Fsp3) is 0.227. The summed E-state index contributed by atoms with van der Waals surface area (Å²) in [6.07, 6.45) is 2.60. The molecule has 4 rings (SSSR count). The Bertz CT molecular complexity index is 1330. The predicted molar refractivity (Wildman–Crippen MR) is 120 cm³/mol. The molecule has 0 bridgehead atoms. The molecule has 1 aromatic heterocycles. The van der Waals surface area contributed by atoms with E-state index in [0.29, 0.717) is 53.4 Å². The summed E-state index contributed by atoms with van der Waals surface area (Å²) in [5.41, 5.74) is 3.50. The lowest BCUT2D eigenvalue weighted by Crippen LogP contribution is -2.34. The van der Waals surface area contributed by atoms with Gasteiger partial charge in [-0.2, -0.15) is 0 Å². The maximum Gasteiger partial charge on any atom is 0.255 e. The second-order valence-electron chi connectivity index (χ2n) is 7.55. The van der Waals surface area contributed by atoms with Gasteiger partial charge in [-0.15, -0.1) is 0 Å². The summed E-state index contributed by atoms with van der Waals surface area (Å²) < 4.78 is 25.4. The van der Waals surface area contributed by atoms with Crippen molar-refractivity contribution in [3.63, 3.8) is 0 Å². The minimum atomic E-state index is -3.36. The lowest BCUT2D eigenvalue weighted by molar-refractivity contribution is 0.102.